The van der Waals surface area contributed by atoms with Crippen molar-refractivity contribution in [1.82, 2.24) is 9.21 Å². The first-order chi connectivity index (χ1) is 13.3. The molecule has 28 heavy (non-hydrogen) atoms. The number of anilines is 1. The third-order valence-electron chi connectivity index (χ3n) is 4.94. The second-order valence-corrected chi connectivity index (χ2v) is 8.72. The van der Waals surface area contributed by atoms with Crippen molar-refractivity contribution >= 4 is 21.6 Å². The first-order valence-electron chi connectivity index (χ1n) is 9.21. The molecule has 1 N–H and O–H groups in total. The second-order valence-electron chi connectivity index (χ2n) is 6.78. The van der Waals surface area contributed by atoms with Crippen LogP contribution in [0.5, 0.6) is 0 Å². The van der Waals surface area contributed by atoms with Gasteiger partial charge in [0, 0.05) is 37.4 Å². The fourth-order valence-electron chi connectivity index (χ4n) is 3.11. The molecule has 1 fully saturated rings. The Labute approximate surface area is 165 Å². The Morgan fingerprint density at radius 3 is 2.46 bits per heavy atom. The topological polar surface area (TPSA) is 69.7 Å². The van der Waals surface area contributed by atoms with Gasteiger partial charge in [-0.3, -0.25) is 4.79 Å². The monoisotopic (exact) mass is 405 g/mol. The van der Waals surface area contributed by atoms with E-state index in [0.29, 0.717) is 37.4 Å². The molecule has 0 aromatic heterocycles. The van der Waals surface area contributed by atoms with Gasteiger partial charge in [0.25, 0.3) is 5.91 Å². The summed E-state index contributed by atoms with van der Waals surface area (Å²) in [6, 6.07) is 10.4. The van der Waals surface area contributed by atoms with Crippen molar-refractivity contribution < 1.29 is 17.6 Å². The summed E-state index contributed by atoms with van der Waals surface area (Å²) in [5, 5.41) is 2.64. The minimum absolute atomic E-state index is 0.130. The van der Waals surface area contributed by atoms with Gasteiger partial charge in [0.15, 0.2) is 0 Å². The normalized spacial score (nSPS) is 16.1. The number of amides is 1. The van der Waals surface area contributed by atoms with E-state index >= 15 is 0 Å². The summed E-state index contributed by atoms with van der Waals surface area (Å²) < 4.78 is 41.0. The summed E-state index contributed by atoms with van der Waals surface area (Å²) in [5.41, 5.74) is 0.971. The zero-order valence-corrected chi connectivity index (χ0v) is 16.8. The van der Waals surface area contributed by atoms with Gasteiger partial charge >= 0.3 is 0 Å². The highest BCUT2D eigenvalue weighted by molar-refractivity contribution is 7.89. The molecule has 1 aliphatic rings. The predicted molar refractivity (Wildman–Crippen MR) is 106 cm³/mol. The van der Waals surface area contributed by atoms with Crippen LogP contribution in [0, 0.1) is 12.7 Å². The van der Waals surface area contributed by atoms with Crippen LogP contribution in [-0.4, -0.2) is 56.3 Å². The molecule has 3 rings (SSSR count). The van der Waals surface area contributed by atoms with E-state index in [1.165, 1.54) is 34.6 Å². The van der Waals surface area contributed by atoms with Crippen LogP contribution in [0.15, 0.2) is 47.4 Å². The van der Waals surface area contributed by atoms with Gasteiger partial charge in [-0.05, 0) is 49.4 Å². The number of halogens is 1. The van der Waals surface area contributed by atoms with Gasteiger partial charge in [-0.25, -0.2) is 12.8 Å². The fraction of sp³-hybridized carbons (Fsp3) is 0.350. The molecule has 0 atom stereocenters. The van der Waals surface area contributed by atoms with Crippen molar-refractivity contribution in [1.29, 1.82) is 0 Å². The Morgan fingerprint density at radius 2 is 1.82 bits per heavy atom. The van der Waals surface area contributed by atoms with Crippen LogP contribution >= 0.6 is 0 Å². The molecule has 1 saturated heterocycles. The van der Waals surface area contributed by atoms with Gasteiger partial charge in [-0.15, -0.1) is 0 Å². The van der Waals surface area contributed by atoms with Crippen LogP contribution in [0.25, 0.3) is 0 Å². The van der Waals surface area contributed by atoms with E-state index in [4.69, 9.17) is 0 Å². The number of piperazine rings is 1. The standard InChI is InChI=1S/C20H24FN3O3S/c1-3-23-9-11-24(12-10-23)28(26,27)18-6-4-5-17(14-18)22-20(25)16-8-7-15(2)19(21)13-16/h4-8,13-14H,3,9-12H2,1-2H3,(H,22,25). The van der Waals surface area contributed by atoms with Gasteiger partial charge in [0.1, 0.15) is 5.82 Å². The quantitative estimate of drug-likeness (QED) is 0.831. The molecule has 1 amide bonds. The van der Waals surface area contributed by atoms with E-state index in [9.17, 15) is 17.6 Å². The summed E-state index contributed by atoms with van der Waals surface area (Å²) >= 11 is 0. The van der Waals surface area contributed by atoms with Crippen LogP contribution in [0.2, 0.25) is 0 Å². The minimum atomic E-state index is -3.63. The number of benzene rings is 2. The van der Waals surface area contributed by atoms with Crippen molar-refractivity contribution in [2.75, 3.05) is 38.0 Å². The maximum atomic E-state index is 13.7. The van der Waals surface area contributed by atoms with E-state index in [-0.39, 0.29) is 10.5 Å². The van der Waals surface area contributed by atoms with Gasteiger partial charge in [0.2, 0.25) is 10.0 Å². The van der Waals surface area contributed by atoms with Crippen LogP contribution in [-0.2, 0) is 10.0 Å². The molecule has 0 unspecified atom stereocenters. The zero-order valence-electron chi connectivity index (χ0n) is 16.0. The molecule has 1 aliphatic heterocycles. The first kappa shape index (κ1) is 20.4. The number of nitrogens with zero attached hydrogens (tertiary/aromatic N) is 2. The second kappa shape index (κ2) is 8.38. The lowest BCUT2D eigenvalue weighted by molar-refractivity contribution is 0.102. The zero-order chi connectivity index (χ0) is 20.3. The highest BCUT2D eigenvalue weighted by Crippen LogP contribution is 2.21. The average molecular weight is 405 g/mol. The van der Waals surface area contributed by atoms with Gasteiger partial charge < -0.3 is 10.2 Å². The lowest BCUT2D eigenvalue weighted by atomic mass is 10.1. The molecule has 1 heterocycles. The molecular formula is C20H24FN3O3S. The third kappa shape index (κ3) is 4.40. The number of hydrogen-bond donors (Lipinski definition) is 1. The first-order valence-corrected chi connectivity index (χ1v) is 10.7. The van der Waals surface area contributed by atoms with Crippen molar-refractivity contribution in [3.05, 3.63) is 59.4 Å². The molecule has 0 saturated carbocycles. The SMILES string of the molecule is CCN1CCN(S(=O)(=O)c2cccc(NC(=O)c3ccc(C)c(F)c3)c2)CC1. The summed E-state index contributed by atoms with van der Waals surface area (Å²) in [5.74, 6) is -0.958. The number of likely N-dealkylation sites (N-methyl/N-ethyl adjacent to an activating group) is 1. The van der Waals surface area contributed by atoms with E-state index in [1.54, 1.807) is 19.1 Å². The molecule has 6 nitrogen and oxygen atoms in total. The number of nitrogens with one attached hydrogen (secondary N) is 1. The lowest BCUT2D eigenvalue weighted by Crippen LogP contribution is -2.48. The van der Waals surface area contributed by atoms with E-state index in [0.717, 1.165) is 6.54 Å². The van der Waals surface area contributed by atoms with Crippen molar-refractivity contribution in [3.63, 3.8) is 0 Å². The Kier molecular flexibility index (Phi) is 6.12. The lowest BCUT2D eigenvalue weighted by Gasteiger charge is -2.33. The number of carbonyl (C=O) groups is 1. The van der Waals surface area contributed by atoms with Crippen LogP contribution in [0.1, 0.15) is 22.8 Å². The van der Waals surface area contributed by atoms with Crippen molar-refractivity contribution in [2.45, 2.75) is 18.7 Å². The van der Waals surface area contributed by atoms with Gasteiger partial charge in [0.05, 0.1) is 4.90 Å². The van der Waals surface area contributed by atoms with Crippen LogP contribution in [0.3, 0.4) is 0 Å². The summed E-state index contributed by atoms with van der Waals surface area (Å²) in [6.07, 6.45) is 0. The number of aryl methyl sites for hydroxylation is 1. The van der Waals surface area contributed by atoms with Crippen LogP contribution in [0.4, 0.5) is 10.1 Å². The third-order valence-corrected chi connectivity index (χ3v) is 6.84. The van der Waals surface area contributed by atoms with Crippen LogP contribution < -0.4 is 5.32 Å². The van der Waals surface area contributed by atoms with E-state index < -0.39 is 21.7 Å². The summed E-state index contributed by atoms with van der Waals surface area (Å²) in [4.78, 5) is 14.7. The minimum Gasteiger partial charge on any atom is -0.322 e. The Hall–Kier alpha value is -2.29. The maximum absolute atomic E-state index is 13.7. The molecule has 2 aromatic carbocycles. The van der Waals surface area contributed by atoms with E-state index in [2.05, 4.69) is 17.1 Å². The summed E-state index contributed by atoms with van der Waals surface area (Å²) in [6.45, 7) is 6.85. The predicted octanol–water partition coefficient (Wildman–Crippen LogP) is 2.71. The maximum Gasteiger partial charge on any atom is 0.255 e. The van der Waals surface area contributed by atoms with E-state index in [1.807, 2.05) is 0 Å². The van der Waals surface area contributed by atoms with Crippen molar-refractivity contribution in [3.8, 4) is 0 Å². The smallest absolute Gasteiger partial charge is 0.255 e. The fourth-order valence-corrected chi connectivity index (χ4v) is 4.58. The largest absolute Gasteiger partial charge is 0.322 e. The number of hydrogen-bond acceptors (Lipinski definition) is 4. The average Bonchev–Trinajstić information content (AvgIpc) is 2.70. The van der Waals surface area contributed by atoms with Gasteiger partial charge in [-0.1, -0.05) is 19.1 Å². The Balaban J connectivity index is 1.76. The number of sulfonamides is 1. The highest BCUT2D eigenvalue weighted by atomic mass is 32.2. The molecule has 150 valence electrons. The number of rotatable bonds is 5. The molecule has 0 radical (unpaired) electrons. The molecule has 2 aromatic rings. The van der Waals surface area contributed by atoms with Gasteiger partial charge in [-0.2, -0.15) is 4.31 Å². The molecule has 0 bridgehead atoms. The molecule has 0 spiro atoms. The molecule has 0 aliphatic carbocycles. The highest BCUT2D eigenvalue weighted by Gasteiger charge is 2.28. The molecule has 8 heteroatoms. The molecular weight excluding hydrogens is 381 g/mol. The number of carbonyl (C=O) groups excluding carboxylic acids is 1. The van der Waals surface area contributed by atoms with Crippen molar-refractivity contribution in [2.24, 2.45) is 0 Å². The summed E-state index contributed by atoms with van der Waals surface area (Å²) in [7, 11) is -3.63. The Morgan fingerprint density at radius 1 is 1.11 bits per heavy atom. The Bertz CT molecular complexity index is 970.